The van der Waals surface area contributed by atoms with Crippen LogP contribution in [0.3, 0.4) is 0 Å². The zero-order valence-corrected chi connectivity index (χ0v) is 16.3. The number of hydrogen-bond acceptors (Lipinski definition) is 3. The van der Waals surface area contributed by atoms with Crippen LogP contribution >= 0.6 is 0 Å². The summed E-state index contributed by atoms with van der Waals surface area (Å²) in [6.45, 7) is 4.05. The zero-order chi connectivity index (χ0) is 20.5. The molecule has 1 N–H and O–H groups in total. The number of benzene rings is 3. The number of carbonyl (C=O) groups is 1. The number of amides is 1. The van der Waals surface area contributed by atoms with Crippen LogP contribution in [0, 0.1) is 0 Å². The SMILES string of the molecule is C=CCOc1cccc(NC(=O)/C(=C/c2ccc(OC)cc2)c2ccccc2)c1. The maximum absolute atomic E-state index is 13.1. The van der Waals surface area contributed by atoms with Crippen LogP contribution in [0.4, 0.5) is 5.69 Å². The highest BCUT2D eigenvalue weighted by Crippen LogP contribution is 2.23. The molecule has 29 heavy (non-hydrogen) atoms. The molecule has 0 bridgehead atoms. The van der Waals surface area contributed by atoms with Gasteiger partial charge in [0, 0.05) is 17.3 Å². The number of hydrogen-bond donors (Lipinski definition) is 1. The molecule has 0 atom stereocenters. The molecule has 0 aliphatic rings. The first-order chi connectivity index (χ1) is 14.2. The van der Waals surface area contributed by atoms with Crippen LogP contribution in [0.2, 0.25) is 0 Å². The van der Waals surface area contributed by atoms with E-state index < -0.39 is 0 Å². The van der Waals surface area contributed by atoms with E-state index in [4.69, 9.17) is 9.47 Å². The third kappa shape index (κ3) is 5.59. The Bertz CT molecular complexity index is 992. The van der Waals surface area contributed by atoms with E-state index in [1.807, 2.05) is 78.9 Å². The second kappa shape index (κ2) is 9.95. The Morgan fingerprint density at radius 1 is 0.966 bits per heavy atom. The third-order valence-corrected chi connectivity index (χ3v) is 4.22. The number of ether oxygens (including phenoxy) is 2. The number of rotatable bonds is 8. The number of methoxy groups -OCH3 is 1. The van der Waals surface area contributed by atoms with E-state index >= 15 is 0 Å². The molecule has 1 amide bonds. The average Bonchev–Trinajstić information content (AvgIpc) is 2.77. The second-order valence-corrected chi connectivity index (χ2v) is 6.28. The average molecular weight is 385 g/mol. The molecule has 146 valence electrons. The van der Waals surface area contributed by atoms with Crippen molar-refractivity contribution >= 4 is 23.2 Å². The Balaban J connectivity index is 1.88. The van der Waals surface area contributed by atoms with Gasteiger partial charge in [-0.3, -0.25) is 4.79 Å². The minimum atomic E-state index is -0.201. The predicted molar refractivity (Wildman–Crippen MR) is 118 cm³/mol. The maximum atomic E-state index is 13.1. The van der Waals surface area contributed by atoms with Crippen molar-refractivity contribution < 1.29 is 14.3 Å². The summed E-state index contributed by atoms with van der Waals surface area (Å²) in [6.07, 6.45) is 3.54. The summed E-state index contributed by atoms with van der Waals surface area (Å²) < 4.78 is 10.8. The van der Waals surface area contributed by atoms with Gasteiger partial charge in [0.1, 0.15) is 18.1 Å². The fourth-order valence-electron chi connectivity index (χ4n) is 2.78. The molecule has 3 aromatic carbocycles. The summed E-state index contributed by atoms with van der Waals surface area (Å²) in [5.74, 6) is 1.24. The van der Waals surface area contributed by atoms with Crippen LogP contribution in [0.5, 0.6) is 11.5 Å². The largest absolute Gasteiger partial charge is 0.497 e. The van der Waals surface area contributed by atoms with E-state index in [0.717, 1.165) is 16.9 Å². The van der Waals surface area contributed by atoms with Crippen molar-refractivity contribution in [3.05, 3.63) is 103 Å². The fraction of sp³-hybridized carbons (Fsp3) is 0.0800. The molecule has 0 aliphatic heterocycles. The first kappa shape index (κ1) is 20.0. The molecule has 0 radical (unpaired) electrons. The maximum Gasteiger partial charge on any atom is 0.256 e. The fourth-order valence-corrected chi connectivity index (χ4v) is 2.78. The summed E-state index contributed by atoms with van der Waals surface area (Å²) in [6, 6.07) is 24.4. The van der Waals surface area contributed by atoms with Crippen LogP contribution in [0.15, 0.2) is 91.5 Å². The molecule has 0 heterocycles. The first-order valence-corrected chi connectivity index (χ1v) is 9.26. The van der Waals surface area contributed by atoms with Crippen LogP contribution in [0.1, 0.15) is 11.1 Å². The molecule has 4 nitrogen and oxygen atoms in total. The van der Waals surface area contributed by atoms with Gasteiger partial charge in [-0.2, -0.15) is 0 Å². The van der Waals surface area contributed by atoms with Crippen molar-refractivity contribution in [1.29, 1.82) is 0 Å². The summed E-state index contributed by atoms with van der Waals surface area (Å²) in [4.78, 5) is 13.1. The standard InChI is InChI=1S/C25H23NO3/c1-3-16-29-23-11-7-10-21(18-23)26-25(27)24(20-8-5-4-6-9-20)17-19-12-14-22(28-2)15-13-19/h3-15,17-18H,1,16H2,2H3,(H,26,27)/b24-17+. The lowest BCUT2D eigenvalue weighted by Gasteiger charge is -2.11. The topological polar surface area (TPSA) is 47.6 Å². The van der Waals surface area contributed by atoms with Crippen molar-refractivity contribution in [2.24, 2.45) is 0 Å². The molecule has 0 spiro atoms. The van der Waals surface area contributed by atoms with Crippen LogP contribution in [-0.4, -0.2) is 19.6 Å². The Hall–Kier alpha value is -3.79. The summed E-state index contributed by atoms with van der Waals surface area (Å²) in [5.41, 5.74) is 2.96. The van der Waals surface area contributed by atoms with Gasteiger partial charge in [0.05, 0.1) is 7.11 Å². The summed E-state index contributed by atoms with van der Waals surface area (Å²) in [5, 5.41) is 2.96. The lowest BCUT2D eigenvalue weighted by molar-refractivity contribution is -0.111. The van der Waals surface area contributed by atoms with Gasteiger partial charge in [-0.15, -0.1) is 0 Å². The Morgan fingerprint density at radius 2 is 1.72 bits per heavy atom. The summed E-state index contributed by atoms with van der Waals surface area (Å²) >= 11 is 0. The van der Waals surface area contributed by atoms with Crippen LogP contribution < -0.4 is 14.8 Å². The second-order valence-electron chi connectivity index (χ2n) is 6.28. The van der Waals surface area contributed by atoms with Crippen molar-refractivity contribution in [1.82, 2.24) is 0 Å². The first-order valence-electron chi connectivity index (χ1n) is 9.26. The lowest BCUT2D eigenvalue weighted by atomic mass is 10.0. The molecule has 0 aromatic heterocycles. The van der Waals surface area contributed by atoms with Gasteiger partial charge in [0.15, 0.2) is 0 Å². The molecule has 3 rings (SSSR count). The minimum absolute atomic E-state index is 0.201. The van der Waals surface area contributed by atoms with Crippen molar-refractivity contribution in [3.63, 3.8) is 0 Å². The quantitative estimate of drug-likeness (QED) is 0.319. The van der Waals surface area contributed by atoms with Crippen molar-refractivity contribution in [2.75, 3.05) is 19.0 Å². The highest BCUT2D eigenvalue weighted by molar-refractivity contribution is 6.29. The van der Waals surface area contributed by atoms with E-state index in [0.29, 0.717) is 23.6 Å². The number of nitrogens with one attached hydrogen (secondary N) is 1. The molecular weight excluding hydrogens is 362 g/mol. The molecule has 0 saturated carbocycles. The Kier molecular flexibility index (Phi) is 6.85. The van der Waals surface area contributed by atoms with Crippen molar-refractivity contribution in [3.8, 4) is 11.5 Å². The lowest BCUT2D eigenvalue weighted by Crippen LogP contribution is -2.13. The normalized spacial score (nSPS) is 10.9. The van der Waals surface area contributed by atoms with E-state index in [9.17, 15) is 4.79 Å². The van der Waals surface area contributed by atoms with Gasteiger partial charge in [0.25, 0.3) is 5.91 Å². The third-order valence-electron chi connectivity index (χ3n) is 4.22. The molecule has 3 aromatic rings. The molecule has 4 heteroatoms. The van der Waals surface area contributed by atoms with Gasteiger partial charge >= 0.3 is 0 Å². The molecular formula is C25H23NO3. The van der Waals surface area contributed by atoms with Crippen molar-refractivity contribution in [2.45, 2.75) is 0 Å². The van der Waals surface area contributed by atoms with Gasteiger partial charge in [-0.25, -0.2) is 0 Å². The highest BCUT2D eigenvalue weighted by Gasteiger charge is 2.13. The molecule has 0 saturated heterocycles. The van der Waals surface area contributed by atoms with Gasteiger partial charge in [-0.05, 0) is 41.5 Å². The highest BCUT2D eigenvalue weighted by atomic mass is 16.5. The molecule has 0 fully saturated rings. The van der Waals surface area contributed by atoms with Gasteiger partial charge in [0.2, 0.25) is 0 Å². The van der Waals surface area contributed by atoms with E-state index in [2.05, 4.69) is 11.9 Å². The number of carbonyl (C=O) groups excluding carboxylic acids is 1. The smallest absolute Gasteiger partial charge is 0.256 e. The molecule has 0 aliphatic carbocycles. The van der Waals surface area contributed by atoms with E-state index in [1.54, 1.807) is 19.3 Å². The predicted octanol–water partition coefficient (Wildman–Crippen LogP) is 5.44. The Labute approximate surface area is 171 Å². The van der Waals surface area contributed by atoms with Crippen LogP contribution in [-0.2, 0) is 4.79 Å². The van der Waals surface area contributed by atoms with Gasteiger partial charge in [-0.1, -0.05) is 61.2 Å². The van der Waals surface area contributed by atoms with E-state index in [1.165, 1.54) is 0 Å². The monoisotopic (exact) mass is 385 g/mol. The molecule has 0 unspecified atom stereocenters. The van der Waals surface area contributed by atoms with E-state index in [-0.39, 0.29) is 5.91 Å². The van der Waals surface area contributed by atoms with Gasteiger partial charge < -0.3 is 14.8 Å². The zero-order valence-electron chi connectivity index (χ0n) is 16.3. The number of anilines is 1. The summed E-state index contributed by atoms with van der Waals surface area (Å²) in [7, 11) is 1.63. The van der Waals surface area contributed by atoms with Crippen LogP contribution in [0.25, 0.3) is 11.6 Å². The minimum Gasteiger partial charge on any atom is -0.497 e. The Morgan fingerprint density at radius 3 is 2.41 bits per heavy atom.